The van der Waals surface area contributed by atoms with Crippen LogP contribution in [0.25, 0.3) is 11.3 Å². The Morgan fingerprint density at radius 1 is 0.800 bits per heavy atom. The summed E-state index contributed by atoms with van der Waals surface area (Å²) in [6.07, 6.45) is 1.79. The molecule has 2 aromatic carbocycles. The van der Waals surface area contributed by atoms with Crippen LogP contribution in [0.15, 0.2) is 72.9 Å². The van der Waals surface area contributed by atoms with E-state index in [1.807, 2.05) is 66.7 Å². The van der Waals surface area contributed by atoms with Gasteiger partial charge < -0.3 is 14.5 Å². The molecule has 3 nitrogen and oxygen atoms in total. The van der Waals surface area contributed by atoms with E-state index in [4.69, 9.17) is 9.47 Å². The molecule has 4 heteroatoms. The number of hydrogen-bond donors (Lipinski definition) is 0. The summed E-state index contributed by atoms with van der Waals surface area (Å²) in [5.41, 5.74) is 4.04. The Kier molecular flexibility index (Phi) is 10.3. The summed E-state index contributed by atoms with van der Waals surface area (Å²) in [4.78, 5) is 4.22. The molecule has 0 fully saturated rings. The van der Waals surface area contributed by atoms with Crippen molar-refractivity contribution in [2.45, 2.75) is 0 Å². The molecule has 0 radical (unpaired) electrons. The van der Waals surface area contributed by atoms with Crippen LogP contribution in [0.4, 0.5) is 0 Å². The molecule has 0 aliphatic heterocycles. The van der Waals surface area contributed by atoms with Crippen LogP contribution in [0, 0.1) is 19.3 Å². The second-order valence-corrected chi connectivity index (χ2v) is 4.83. The predicted molar refractivity (Wildman–Crippen MR) is 95.8 cm³/mol. The van der Waals surface area contributed by atoms with Crippen LogP contribution >= 0.6 is 0 Å². The van der Waals surface area contributed by atoms with Gasteiger partial charge in [-0.25, -0.2) is 12.1 Å². The summed E-state index contributed by atoms with van der Waals surface area (Å²) in [7, 11) is 3.26. The number of ether oxygens (including phenoxy) is 2. The van der Waals surface area contributed by atoms with Crippen molar-refractivity contribution in [1.82, 2.24) is 4.98 Å². The molecule has 0 aliphatic carbocycles. The van der Waals surface area contributed by atoms with Crippen molar-refractivity contribution in [3.05, 3.63) is 103 Å². The Labute approximate surface area is 164 Å². The first-order valence-electron chi connectivity index (χ1n) is 7.54. The van der Waals surface area contributed by atoms with Gasteiger partial charge in [-0.3, -0.25) is 11.1 Å². The third-order valence-corrected chi connectivity index (χ3v) is 3.14. The van der Waals surface area contributed by atoms with Crippen LogP contribution in [0.1, 0.15) is 11.1 Å². The molecule has 1 aromatic heterocycles. The maximum absolute atomic E-state index is 4.91. The fourth-order valence-corrected chi connectivity index (χ4v) is 2.05. The zero-order valence-corrected chi connectivity index (χ0v) is 16.4. The molecular weight excluding hydrogens is 493 g/mol. The molecule has 0 atom stereocenters. The van der Waals surface area contributed by atoms with Crippen LogP contribution in [-0.4, -0.2) is 19.2 Å². The normalized spacial score (nSPS) is 9.20. The quantitative estimate of drug-likeness (QED) is 0.470. The minimum atomic E-state index is 0. The molecule has 0 saturated heterocycles. The molecule has 3 aromatic rings. The van der Waals surface area contributed by atoms with E-state index in [2.05, 4.69) is 11.1 Å². The van der Waals surface area contributed by atoms with Crippen molar-refractivity contribution in [2.24, 2.45) is 0 Å². The molecule has 0 bridgehead atoms. The zero-order valence-electron chi connectivity index (χ0n) is 14.2. The van der Waals surface area contributed by atoms with Crippen molar-refractivity contribution >= 4 is 0 Å². The Bertz CT molecular complexity index is 643. The van der Waals surface area contributed by atoms with Crippen LogP contribution in [0.3, 0.4) is 0 Å². The number of rotatable bonds is 5. The van der Waals surface area contributed by atoms with Crippen molar-refractivity contribution < 1.29 is 30.5 Å². The van der Waals surface area contributed by atoms with E-state index in [1.54, 1.807) is 33.6 Å². The summed E-state index contributed by atoms with van der Waals surface area (Å²) in [5, 5.41) is 0. The number of hydrogen-bond acceptors (Lipinski definition) is 3. The van der Waals surface area contributed by atoms with Gasteiger partial charge in [0.05, 0.1) is 0 Å². The van der Waals surface area contributed by atoms with Gasteiger partial charge in [-0.05, 0) is 11.8 Å². The zero-order chi connectivity index (χ0) is 17.0. The fraction of sp³-hybridized carbons (Fsp3) is 0.0952. The van der Waals surface area contributed by atoms with E-state index in [1.165, 1.54) is 0 Å². The van der Waals surface area contributed by atoms with Gasteiger partial charge in [0, 0.05) is 41.5 Å². The number of benzene rings is 2. The first kappa shape index (κ1) is 21.0. The van der Waals surface area contributed by atoms with Gasteiger partial charge in [0.1, 0.15) is 0 Å². The van der Waals surface area contributed by atoms with E-state index in [9.17, 15) is 0 Å². The van der Waals surface area contributed by atoms with E-state index < -0.39 is 0 Å². The second-order valence-electron chi connectivity index (χ2n) is 4.83. The Balaban J connectivity index is 0.000000240. The molecule has 3 rings (SSSR count). The van der Waals surface area contributed by atoms with Gasteiger partial charge in [0.15, 0.2) is 0 Å². The maximum atomic E-state index is 4.91. The molecule has 0 unspecified atom stereocenters. The van der Waals surface area contributed by atoms with E-state index in [0.29, 0.717) is 0 Å². The third-order valence-electron chi connectivity index (χ3n) is 3.14. The minimum absolute atomic E-state index is 0. The summed E-state index contributed by atoms with van der Waals surface area (Å²) < 4.78 is 9.83. The van der Waals surface area contributed by atoms with Crippen molar-refractivity contribution in [3.63, 3.8) is 0 Å². The fourth-order valence-electron chi connectivity index (χ4n) is 2.05. The van der Waals surface area contributed by atoms with Crippen molar-refractivity contribution in [2.75, 3.05) is 14.2 Å². The Hall–Kier alpha value is -2.06. The van der Waals surface area contributed by atoms with E-state index >= 15 is 0 Å². The van der Waals surface area contributed by atoms with Gasteiger partial charge in [0.2, 0.25) is 0 Å². The number of aromatic nitrogens is 1. The molecule has 0 N–H and O–H groups in total. The average molecular weight is 513 g/mol. The smallest absolute Gasteiger partial charge is 0.0245 e. The summed E-state index contributed by atoms with van der Waals surface area (Å²) in [5.74, 6) is 0. The maximum Gasteiger partial charge on any atom is 0.0245 e. The van der Waals surface area contributed by atoms with Crippen LogP contribution in [0.5, 0.6) is 0 Å². The number of nitrogens with zero attached hydrogens (tertiary/aromatic N) is 1. The van der Waals surface area contributed by atoms with Crippen LogP contribution in [0.2, 0.25) is 0 Å². The van der Waals surface area contributed by atoms with Gasteiger partial charge in [-0.2, -0.15) is 0 Å². The first-order valence-corrected chi connectivity index (χ1v) is 7.54. The van der Waals surface area contributed by atoms with E-state index in [0.717, 1.165) is 22.4 Å². The third kappa shape index (κ3) is 7.14. The molecule has 25 heavy (non-hydrogen) atoms. The van der Waals surface area contributed by atoms with E-state index in [-0.39, 0.29) is 21.1 Å². The molecule has 1 heterocycles. The van der Waals surface area contributed by atoms with Crippen LogP contribution in [-0.2, 0) is 30.5 Å². The SMILES string of the molecule is CO[CH-]c1ccccc1[CH-]OC.[Pt].[c-]1ccccc1-c1ccccn1. The average Bonchev–Trinajstić information content (AvgIpc) is 2.66. The largest absolute Gasteiger partial charge is 0.429 e. The van der Waals surface area contributed by atoms with Gasteiger partial charge in [-0.1, -0.05) is 12.1 Å². The predicted octanol–water partition coefficient (Wildman–Crippen LogP) is 4.55. The minimum Gasteiger partial charge on any atom is -0.429 e. The van der Waals surface area contributed by atoms with Gasteiger partial charge in [0.25, 0.3) is 0 Å². The molecule has 0 saturated carbocycles. The second kappa shape index (κ2) is 12.3. The standard InChI is InChI=1S/C11H8N.C10H12O2.Pt/c1-2-6-10(7-3-1)11-8-4-5-9-12-11;1-11-7-9-5-3-4-6-10(9)8-12-2;/h1-6,8-9H;3-8H,1-2H3;/q-1;-2;. The molecule has 134 valence electrons. The molecular formula is C21H20NO2Pt-3. The van der Waals surface area contributed by atoms with Crippen molar-refractivity contribution in [3.8, 4) is 11.3 Å². The summed E-state index contributed by atoms with van der Waals surface area (Å²) in [6, 6.07) is 24.7. The van der Waals surface area contributed by atoms with Gasteiger partial charge >= 0.3 is 0 Å². The molecule has 0 spiro atoms. The summed E-state index contributed by atoms with van der Waals surface area (Å²) in [6.45, 7) is 3.37. The van der Waals surface area contributed by atoms with Gasteiger partial charge in [-0.15, -0.1) is 61.2 Å². The number of methoxy groups -OCH3 is 2. The summed E-state index contributed by atoms with van der Waals surface area (Å²) >= 11 is 0. The van der Waals surface area contributed by atoms with Crippen molar-refractivity contribution in [1.29, 1.82) is 0 Å². The monoisotopic (exact) mass is 513 g/mol. The number of pyridine rings is 1. The van der Waals surface area contributed by atoms with Crippen LogP contribution < -0.4 is 0 Å². The molecule has 0 amide bonds. The Morgan fingerprint density at radius 3 is 1.88 bits per heavy atom. The molecule has 0 aliphatic rings. The Morgan fingerprint density at radius 2 is 1.40 bits per heavy atom. The topological polar surface area (TPSA) is 31.4 Å². The first-order chi connectivity index (χ1) is 11.8.